The smallest absolute Gasteiger partial charge is 0.0498 e. The minimum Gasteiger partial charge on any atom is -0.119 e. The van der Waals surface area contributed by atoms with Crippen molar-refractivity contribution in [3.63, 3.8) is 0 Å². The van der Waals surface area contributed by atoms with Crippen LogP contribution in [-0.2, 0) is 0 Å². The van der Waals surface area contributed by atoms with Gasteiger partial charge in [0.2, 0.25) is 0 Å². The Labute approximate surface area is 63.6 Å². The molecule has 0 atom stereocenters. The molecule has 0 rings (SSSR count). The van der Waals surface area contributed by atoms with Crippen LogP contribution in [0.15, 0.2) is 24.3 Å². The Balaban J connectivity index is 4.38. The second kappa shape index (κ2) is 3.27. The van der Waals surface area contributed by atoms with Crippen LogP contribution in [0, 0.1) is 17.8 Å². The first-order valence-electron chi connectivity index (χ1n) is 3.34. The van der Waals surface area contributed by atoms with Crippen molar-refractivity contribution in [1.82, 2.24) is 0 Å². The number of hydrogen-bond acceptors (Lipinski definition) is 0. The third kappa shape index (κ3) is 2.11. The van der Waals surface area contributed by atoms with E-state index in [1.807, 2.05) is 32.9 Å². The summed E-state index contributed by atoms with van der Waals surface area (Å²) in [5.74, 6) is 2.68. The van der Waals surface area contributed by atoms with E-state index in [0.717, 1.165) is 5.57 Å². The first kappa shape index (κ1) is 9.04. The number of allylic oxidation sites excluding steroid dienone is 3. The van der Waals surface area contributed by atoms with Crippen molar-refractivity contribution in [2.75, 3.05) is 0 Å². The molecule has 0 aliphatic carbocycles. The van der Waals surface area contributed by atoms with Gasteiger partial charge in [0.1, 0.15) is 0 Å². The molecule has 0 aromatic heterocycles. The molecular weight excluding hydrogens is 120 g/mol. The number of hydrogen-bond donors (Lipinski definition) is 0. The Bertz CT molecular complexity index is 187. The first-order chi connectivity index (χ1) is 4.54. The van der Waals surface area contributed by atoms with Crippen molar-refractivity contribution in [2.45, 2.75) is 20.8 Å². The van der Waals surface area contributed by atoms with Crippen molar-refractivity contribution in [2.24, 2.45) is 5.41 Å². The Morgan fingerprint density at radius 1 is 1.60 bits per heavy atom. The molecule has 0 saturated carbocycles. The monoisotopic (exact) mass is 134 g/mol. The van der Waals surface area contributed by atoms with E-state index >= 15 is 0 Å². The van der Waals surface area contributed by atoms with E-state index in [1.165, 1.54) is 0 Å². The Morgan fingerprint density at radius 2 is 2.10 bits per heavy atom. The first-order valence-corrected chi connectivity index (χ1v) is 3.34. The molecule has 0 saturated heterocycles. The summed E-state index contributed by atoms with van der Waals surface area (Å²) >= 11 is 0. The van der Waals surface area contributed by atoms with Crippen LogP contribution in [-0.4, -0.2) is 0 Å². The van der Waals surface area contributed by atoms with Crippen molar-refractivity contribution in [3.05, 3.63) is 24.3 Å². The number of terminal acetylenes is 1. The Kier molecular flexibility index (Phi) is 2.96. The summed E-state index contributed by atoms with van der Waals surface area (Å²) in [5.41, 5.74) is 0.782. The van der Waals surface area contributed by atoms with Crippen molar-refractivity contribution in [3.8, 4) is 12.3 Å². The van der Waals surface area contributed by atoms with Crippen LogP contribution in [0.5, 0.6) is 0 Å². The molecule has 0 heterocycles. The molecule has 0 N–H and O–H groups in total. The van der Waals surface area contributed by atoms with Crippen molar-refractivity contribution in [1.29, 1.82) is 0 Å². The number of rotatable bonds is 2. The van der Waals surface area contributed by atoms with Crippen molar-refractivity contribution >= 4 is 0 Å². The molecule has 0 aromatic carbocycles. The van der Waals surface area contributed by atoms with E-state index in [1.54, 1.807) is 0 Å². The van der Waals surface area contributed by atoms with Crippen LogP contribution >= 0.6 is 0 Å². The summed E-state index contributed by atoms with van der Waals surface area (Å²) < 4.78 is 0. The van der Waals surface area contributed by atoms with Gasteiger partial charge in [0.15, 0.2) is 0 Å². The van der Waals surface area contributed by atoms with E-state index in [9.17, 15) is 0 Å². The molecule has 0 bridgehead atoms. The SMILES string of the molecule is C#CC(C)(C)C(=C)/C=C\C. The molecule has 0 aromatic rings. The van der Waals surface area contributed by atoms with Gasteiger partial charge in [-0.25, -0.2) is 0 Å². The highest BCUT2D eigenvalue weighted by Crippen LogP contribution is 2.23. The van der Waals surface area contributed by atoms with E-state index in [2.05, 4.69) is 12.5 Å². The maximum Gasteiger partial charge on any atom is 0.0498 e. The van der Waals surface area contributed by atoms with Crippen LogP contribution in [0.4, 0.5) is 0 Å². The molecule has 0 amide bonds. The lowest BCUT2D eigenvalue weighted by Crippen LogP contribution is -2.08. The van der Waals surface area contributed by atoms with E-state index in [0.29, 0.717) is 0 Å². The molecule has 0 aliphatic heterocycles. The second-order valence-corrected chi connectivity index (χ2v) is 2.79. The zero-order chi connectivity index (χ0) is 8.20. The quantitative estimate of drug-likeness (QED) is 0.402. The maximum atomic E-state index is 5.29. The minimum atomic E-state index is -0.202. The second-order valence-electron chi connectivity index (χ2n) is 2.79. The summed E-state index contributed by atoms with van der Waals surface area (Å²) in [7, 11) is 0. The molecule has 0 heteroatoms. The molecule has 0 unspecified atom stereocenters. The predicted molar refractivity (Wildman–Crippen MR) is 46.6 cm³/mol. The van der Waals surface area contributed by atoms with Gasteiger partial charge in [0.25, 0.3) is 0 Å². The fourth-order valence-corrected chi connectivity index (χ4v) is 0.502. The molecule has 0 radical (unpaired) electrons. The lowest BCUT2D eigenvalue weighted by molar-refractivity contribution is 0.626. The summed E-state index contributed by atoms with van der Waals surface area (Å²) in [6.07, 6.45) is 9.18. The summed E-state index contributed by atoms with van der Waals surface area (Å²) in [4.78, 5) is 0. The van der Waals surface area contributed by atoms with Crippen molar-refractivity contribution < 1.29 is 0 Å². The summed E-state index contributed by atoms with van der Waals surface area (Å²) in [6, 6.07) is 0. The van der Waals surface area contributed by atoms with Gasteiger partial charge in [-0.15, -0.1) is 6.42 Å². The molecule has 10 heavy (non-hydrogen) atoms. The molecule has 0 aliphatic rings. The topological polar surface area (TPSA) is 0 Å². The van der Waals surface area contributed by atoms with Crippen LogP contribution in [0.3, 0.4) is 0 Å². The third-order valence-electron chi connectivity index (χ3n) is 1.53. The van der Waals surface area contributed by atoms with Crippen LogP contribution in [0.1, 0.15) is 20.8 Å². The summed E-state index contributed by atoms with van der Waals surface area (Å²) in [6.45, 7) is 9.78. The Hall–Kier alpha value is -0.960. The average Bonchev–Trinajstić information content (AvgIpc) is 1.89. The van der Waals surface area contributed by atoms with E-state index < -0.39 is 0 Å². The van der Waals surface area contributed by atoms with E-state index in [4.69, 9.17) is 6.42 Å². The van der Waals surface area contributed by atoms with Gasteiger partial charge in [-0.3, -0.25) is 0 Å². The minimum absolute atomic E-state index is 0.202. The molecular formula is C10H14. The standard InChI is InChI=1S/C10H14/c1-6-8-9(3)10(4,5)7-2/h2,6,8H,3H2,1,4-5H3/b8-6-. The summed E-state index contributed by atoms with van der Waals surface area (Å²) in [5, 5.41) is 0. The van der Waals surface area contributed by atoms with Gasteiger partial charge in [0, 0.05) is 5.41 Å². The highest BCUT2D eigenvalue weighted by molar-refractivity contribution is 5.29. The maximum absolute atomic E-state index is 5.29. The van der Waals surface area contributed by atoms with Gasteiger partial charge >= 0.3 is 0 Å². The molecule has 54 valence electrons. The zero-order valence-corrected chi connectivity index (χ0v) is 6.94. The van der Waals surface area contributed by atoms with Gasteiger partial charge in [-0.05, 0) is 26.3 Å². The molecule has 0 spiro atoms. The molecule has 0 nitrogen and oxygen atoms in total. The average molecular weight is 134 g/mol. The van der Waals surface area contributed by atoms with E-state index in [-0.39, 0.29) is 5.41 Å². The fourth-order valence-electron chi connectivity index (χ4n) is 0.502. The van der Waals surface area contributed by atoms with Crippen LogP contribution < -0.4 is 0 Å². The molecule has 0 fully saturated rings. The van der Waals surface area contributed by atoms with Crippen LogP contribution in [0.2, 0.25) is 0 Å². The lowest BCUT2D eigenvalue weighted by atomic mass is 9.86. The van der Waals surface area contributed by atoms with Gasteiger partial charge in [0.05, 0.1) is 0 Å². The largest absolute Gasteiger partial charge is 0.119 e. The lowest BCUT2D eigenvalue weighted by Gasteiger charge is -2.17. The van der Waals surface area contributed by atoms with Gasteiger partial charge in [-0.1, -0.05) is 24.7 Å². The zero-order valence-electron chi connectivity index (χ0n) is 6.94. The van der Waals surface area contributed by atoms with Gasteiger partial charge in [-0.2, -0.15) is 0 Å². The fraction of sp³-hybridized carbons (Fsp3) is 0.400. The van der Waals surface area contributed by atoms with Gasteiger partial charge < -0.3 is 0 Å². The third-order valence-corrected chi connectivity index (χ3v) is 1.53. The predicted octanol–water partition coefficient (Wildman–Crippen LogP) is 2.78. The highest BCUT2D eigenvalue weighted by atomic mass is 14.2. The van der Waals surface area contributed by atoms with Crippen LogP contribution in [0.25, 0.3) is 0 Å². The normalized spacial score (nSPS) is 11.4. The Morgan fingerprint density at radius 3 is 2.40 bits per heavy atom. The highest BCUT2D eigenvalue weighted by Gasteiger charge is 2.14.